The van der Waals surface area contributed by atoms with E-state index in [4.69, 9.17) is 32.4 Å². The van der Waals surface area contributed by atoms with E-state index in [2.05, 4.69) is 5.32 Å². The van der Waals surface area contributed by atoms with Crippen molar-refractivity contribution in [3.05, 3.63) is 62.1 Å². The van der Waals surface area contributed by atoms with E-state index in [1.54, 1.807) is 37.3 Å². The van der Waals surface area contributed by atoms with Crippen LogP contribution < -0.4 is 5.32 Å². The van der Waals surface area contributed by atoms with Gasteiger partial charge in [0.15, 0.2) is 5.76 Å². The normalized spacial score (nSPS) is 10.8. The number of thiophene rings is 1. The van der Waals surface area contributed by atoms with Crippen LogP contribution >= 0.6 is 34.5 Å². The molecule has 0 aliphatic heterocycles. The lowest BCUT2D eigenvalue weighted by Crippen LogP contribution is -2.14. The van der Waals surface area contributed by atoms with Crippen LogP contribution in [0.1, 0.15) is 38.3 Å². The zero-order valence-corrected chi connectivity index (χ0v) is 17.7. The van der Waals surface area contributed by atoms with Gasteiger partial charge in [-0.15, -0.1) is 11.3 Å². The first-order valence-electron chi connectivity index (χ1n) is 8.45. The Morgan fingerprint density at radius 2 is 1.93 bits per heavy atom. The molecule has 2 heterocycles. The highest BCUT2D eigenvalue weighted by molar-refractivity contribution is 7.16. The van der Waals surface area contributed by atoms with Crippen molar-refractivity contribution in [2.24, 2.45) is 0 Å². The monoisotopic (exact) mass is 437 g/mol. The lowest BCUT2D eigenvalue weighted by molar-refractivity contribution is 0.0527. The van der Waals surface area contributed by atoms with E-state index in [0.717, 1.165) is 10.4 Å². The van der Waals surface area contributed by atoms with E-state index in [0.29, 0.717) is 31.9 Å². The van der Waals surface area contributed by atoms with Gasteiger partial charge in [0.1, 0.15) is 10.8 Å². The molecule has 0 aliphatic carbocycles. The second-order valence-electron chi connectivity index (χ2n) is 5.95. The standard InChI is InChI=1S/C20H17Cl2NO4S/c1-4-26-20(25)17-10(2)11(3)28-19(17)23-18(24)16-8-7-15(27-16)13-6-5-12(21)9-14(13)22/h5-9H,4H2,1-3H3,(H,23,24). The molecule has 0 aliphatic rings. The van der Waals surface area contributed by atoms with Crippen molar-refractivity contribution in [2.75, 3.05) is 11.9 Å². The van der Waals surface area contributed by atoms with Crippen LogP contribution in [0.5, 0.6) is 0 Å². The van der Waals surface area contributed by atoms with Gasteiger partial charge in [-0.05, 0) is 56.7 Å². The minimum atomic E-state index is -0.469. The van der Waals surface area contributed by atoms with Gasteiger partial charge in [0.25, 0.3) is 5.91 Å². The van der Waals surface area contributed by atoms with Gasteiger partial charge in [-0.25, -0.2) is 4.79 Å². The predicted octanol–water partition coefficient (Wildman–Crippen LogP) is 6.36. The summed E-state index contributed by atoms with van der Waals surface area (Å²) in [7, 11) is 0. The highest BCUT2D eigenvalue weighted by Crippen LogP contribution is 2.34. The van der Waals surface area contributed by atoms with Crippen LogP contribution in [0, 0.1) is 13.8 Å². The molecule has 1 amide bonds. The highest BCUT2D eigenvalue weighted by Gasteiger charge is 2.23. The Bertz CT molecular complexity index is 1050. The molecule has 1 N–H and O–H groups in total. The number of aryl methyl sites for hydroxylation is 1. The first-order valence-corrected chi connectivity index (χ1v) is 10.0. The van der Waals surface area contributed by atoms with Crippen molar-refractivity contribution < 1.29 is 18.7 Å². The molecule has 28 heavy (non-hydrogen) atoms. The van der Waals surface area contributed by atoms with Gasteiger partial charge >= 0.3 is 5.97 Å². The zero-order valence-electron chi connectivity index (χ0n) is 15.4. The third kappa shape index (κ3) is 4.09. The fourth-order valence-corrected chi connectivity index (χ4v) is 4.17. The van der Waals surface area contributed by atoms with E-state index in [1.165, 1.54) is 11.3 Å². The lowest BCUT2D eigenvalue weighted by Gasteiger charge is -2.06. The molecule has 0 saturated heterocycles. The summed E-state index contributed by atoms with van der Waals surface area (Å²) in [5.74, 6) is -0.397. The summed E-state index contributed by atoms with van der Waals surface area (Å²) in [4.78, 5) is 25.8. The van der Waals surface area contributed by atoms with Gasteiger partial charge in [-0.3, -0.25) is 4.79 Å². The van der Waals surface area contributed by atoms with Gasteiger partial charge in [0.05, 0.1) is 17.2 Å². The number of halogens is 2. The molecule has 0 fully saturated rings. The third-order valence-corrected chi connectivity index (χ3v) is 5.79. The van der Waals surface area contributed by atoms with Crippen molar-refractivity contribution in [1.29, 1.82) is 0 Å². The molecule has 0 atom stereocenters. The first kappa shape index (κ1) is 20.5. The van der Waals surface area contributed by atoms with E-state index < -0.39 is 11.9 Å². The van der Waals surface area contributed by atoms with E-state index in [1.807, 2.05) is 13.8 Å². The molecule has 0 saturated carbocycles. The molecule has 0 spiro atoms. The quantitative estimate of drug-likeness (QED) is 0.471. The van der Waals surface area contributed by atoms with Crippen molar-refractivity contribution in [3.8, 4) is 11.3 Å². The van der Waals surface area contributed by atoms with Gasteiger partial charge in [0.2, 0.25) is 0 Å². The smallest absolute Gasteiger partial charge is 0.341 e. The maximum Gasteiger partial charge on any atom is 0.341 e. The number of anilines is 1. The van der Waals surface area contributed by atoms with Crippen LogP contribution in [0.3, 0.4) is 0 Å². The number of ether oxygens (including phenoxy) is 1. The number of rotatable bonds is 5. The number of esters is 1. The van der Waals surface area contributed by atoms with Crippen molar-refractivity contribution in [3.63, 3.8) is 0 Å². The largest absolute Gasteiger partial charge is 0.462 e. The number of hydrogen-bond acceptors (Lipinski definition) is 5. The minimum absolute atomic E-state index is 0.0968. The molecule has 3 aromatic rings. The van der Waals surface area contributed by atoms with Crippen LogP contribution in [-0.2, 0) is 4.74 Å². The molecule has 0 radical (unpaired) electrons. The van der Waals surface area contributed by atoms with Crippen LogP contribution in [0.2, 0.25) is 10.0 Å². The topological polar surface area (TPSA) is 68.5 Å². The average Bonchev–Trinajstić information content (AvgIpc) is 3.21. The summed E-state index contributed by atoms with van der Waals surface area (Å²) in [6.45, 7) is 5.69. The van der Waals surface area contributed by atoms with E-state index in [9.17, 15) is 9.59 Å². The fourth-order valence-electron chi connectivity index (χ4n) is 2.62. The number of hydrogen-bond donors (Lipinski definition) is 1. The Kier molecular flexibility index (Phi) is 6.13. The molecule has 0 unspecified atom stereocenters. The number of carbonyl (C=O) groups is 2. The Labute approximate surface area is 176 Å². The van der Waals surface area contributed by atoms with Gasteiger partial charge in [0, 0.05) is 15.5 Å². The molecule has 0 bridgehead atoms. The molecule has 3 rings (SSSR count). The van der Waals surface area contributed by atoms with Crippen LogP contribution in [0.4, 0.5) is 5.00 Å². The van der Waals surface area contributed by atoms with Crippen LogP contribution in [-0.4, -0.2) is 18.5 Å². The zero-order chi connectivity index (χ0) is 20.4. The SMILES string of the molecule is CCOC(=O)c1c(NC(=O)c2ccc(-c3ccc(Cl)cc3Cl)o2)sc(C)c1C. The summed E-state index contributed by atoms with van der Waals surface area (Å²) in [6, 6.07) is 8.21. The van der Waals surface area contributed by atoms with Gasteiger partial charge in [-0.1, -0.05) is 23.2 Å². The maximum atomic E-state index is 12.6. The summed E-state index contributed by atoms with van der Waals surface area (Å²) >= 11 is 13.4. The average molecular weight is 438 g/mol. The molecular formula is C20H17Cl2NO4S. The Morgan fingerprint density at radius 1 is 1.18 bits per heavy atom. The van der Waals surface area contributed by atoms with Gasteiger partial charge in [-0.2, -0.15) is 0 Å². The van der Waals surface area contributed by atoms with Crippen LogP contribution in [0.15, 0.2) is 34.7 Å². The van der Waals surface area contributed by atoms with E-state index >= 15 is 0 Å². The second-order valence-corrected chi connectivity index (χ2v) is 8.02. The number of benzene rings is 1. The number of nitrogens with one attached hydrogen (secondary N) is 1. The minimum Gasteiger partial charge on any atom is -0.462 e. The highest BCUT2D eigenvalue weighted by atomic mass is 35.5. The Balaban J connectivity index is 1.86. The Hall–Kier alpha value is -2.28. The first-order chi connectivity index (χ1) is 13.3. The molecule has 146 valence electrons. The summed E-state index contributed by atoms with van der Waals surface area (Å²) in [5.41, 5.74) is 1.78. The molecule has 5 nitrogen and oxygen atoms in total. The number of furan rings is 1. The fraction of sp³-hybridized carbons (Fsp3) is 0.200. The predicted molar refractivity (Wildman–Crippen MR) is 112 cm³/mol. The van der Waals surface area contributed by atoms with Crippen molar-refractivity contribution >= 4 is 51.4 Å². The number of carbonyl (C=O) groups excluding carboxylic acids is 2. The van der Waals surface area contributed by atoms with Gasteiger partial charge < -0.3 is 14.5 Å². The molecule has 1 aromatic carbocycles. The van der Waals surface area contributed by atoms with Crippen molar-refractivity contribution in [1.82, 2.24) is 0 Å². The maximum absolute atomic E-state index is 12.6. The lowest BCUT2D eigenvalue weighted by atomic mass is 10.1. The third-order valence-electron chi connectivity index (χ3n) is 4.12. The van der Waals surface area contributed by atoms with Crippen molar-refractivity contribution in [2.45, 2.75) is 20.8 Å². The summed E-state index contributed by atoms with van der Waals surface area (Å²) < 4.78 is 10.8. The second kappa shape index (κ2) is 8.39. The Morgan fingerprint density at radius 3 is 2.61 bits per heavy atom. The van der Waals surface area contributed by atoms with E-state index in [-0.39, 0.29) is 12.4 Å². The summed E-state index contributed by atoms with van der Waals surface area (Å²) in [5, 5.41) is 4.11. The molecular weight excluding hydrogens is 421 g/mol. The summed E-state index contributed by atoms with van der Waals surface area (Å²) in [6.07, 6.45) is 0. The van der Waals surface area contributed by atoms with Crippen LogP contribution in [0.25, 0.3) is 11.3 Å². The molecule has 2 aromatic heterocycles. The number of amides is 1. The molecule has 8 heteroatoms.